The van der Waals surface area contributed by atoms with Crippen LogP contribution in [0.4, 0.5) is 4.39 Å². The molecule has 0 heterocycles. The number of hydrogen-bond acceptors (Lipinski definition) is 2. The first-order valence-corrected chi connectivity index (χ1v) is 5.71. The third kappa shape index (κ3) is 2.79. The minimum Gasteiger partial charge on any atom is -0.480 e. The van der Waals surface area contributed by atoms with Gasteiger partial charge in [0.25, 0.3) is 5.91 Å². The number of carboxylic acids is 1. The van der Waals surface area contributed by atoms with Gasteiger partial charge in [0.2, 0.25) is 0 Å². The minimum atomic E-state index is -1.14. The van der Waals surface area contributed by atoms with Crippen LogP contribution in [0.15, 0.2) is 18.2 Å². The average molecular weight is 274 g/mol. The van der Waals surface area contributed by atoms with Gasteiger partial charge in [0, 0.05) is 7.05 Å². The number of benzene rings is 1. The maximum atomic E-state index is 13.6. The third-order valence-electron chi connectivity index (χ3n) is 2.64. The van der Waals surface area contributed by atoms with Crippen LogP contribution in [-0.4, -0.2) is 35.0 Å². The third-order valence-corrected chi connectivity index (χ3v) is 2.95. The van der Waals surface area contributed by atoms with E-state index in [2.05, 4.69) is 0 Å². The second-order valence-corrected chi connectivity index (χ2v) is 4.18. The zero-order valence-corrected chi connectivity index (χ0v) is 10.7. The number of aliphatic carboxylic acids is 1. The van der Waals surface area contributed by atoms with Crippen LogP contribution in [0.2, 0.25) is 5.02 Å². The number of likely N-dealkylation sites (N-methyl/N-ethyl adjacent to an activating group) is 1. The molecule has 1 rings (SSSR count). The van der Waals surface area contributed by atoms with Crippen LogP contribution in [-0.2, 0) is 4.79 Å². The van der Waals surface area contributed by atoms with Gasteiger partial charge in [-0.05, 0) is 18.6 Å². The van der Waals surface area contributed by atoms with E-state index in [0.717, 1.165) is 11.0 Å². The van der Waals surface area contributed by atoms with Gasteiger partial charge in [-0.15, -0.1) is 0 Å². The van der Waals surface area contributed by atoms with E-state index in [1.807, 2.05) is 0 Å². The summed E-state index contributed by atoms with van der Waals surface area (Å²) in [6, 6.07) is 2.86. The van der Waals surface area contributed by atoms with Crippen molar-refractivity contribution in [2.24, 2.45) is 0 Å². The highest BCUT2D eigenvalue weighted by Gasteiger charge is 2.28. The van der Waals surface area contributed by atoms with Crippen LogP contribution in [0.5, 0.6) is 0 Å². The zero-order valence-electron chi connectivity index (χ0n) is 9.98. The Kier molecular flexibility index (Phi) is 4.67. The van der Waals surface area contributed by atoms with Gasteiger partial charge < -0.3 is 10.0 Å². The summed E-state index contributed by atoms with van der Waals surface area (Å²) in [6.45, 7) is 1.63. The van der Waals surface area contributed by atoms with Crippen molar-refractivity contribution in [3.8, 4) is 0 Å². The minimum absolute atomic E-state index is 0.0351. The number of rotatable bonds is 4. The smallest absolute Gasteiger partial charge is 0.326 e. The van der Waals surface area contributed by atoms with E-state index in [1.165, 1.54) is 19.2 Å². The summed E-state index contributed by atoms with van der Waals surface area (Å²) in [7, 11) is 1.31. The lowest BCUT2D eigenvalue weighted by Crippen LogP contribution is -2.42. The molecule has 0 spiro atoms. The molecule has 1 unspecified atom stereocenters. The highest BCUT2D eigenvalue weighted by molar-refractivity contribution is 6.33. The van der Waals surface area contributed by atoms with Gasteiger partial charge in [-0.1, -0.05) is 24.6 Å². The summed E-state index contributed by atoms with van der Waals surface area (Å²) in [5.74, 6) is -2.65. The number of hydrogen-bond donors (Lipinski definition) is 1. The summed E-state index contributed by atoms with van der Waals surface area (Å²) in [4.78, 5) is 24.0. The van der Waals surface area contributed by atoms with Crippen molar-refractivity contribution in [2.45, 2.75) is 19.4 Å². The molecule has 0 aromatic heterocycles. The Bertz CT molecular complexity index is 458. The summed E-state index contributed by atoms with van der Waals surface area (Å²) in [5, 5.41) is 8.92. The Morgan fingerprint density at radius 2 is 2.11 bits per heavy atom. The Morgan fingerprint density at radius 1 is 1.50 bits per heavy atom. The fourth-order valence-corrected chi connectivity index (χ4v) is 1.88. The molecule has 0 saturated carbocycles. The second-order valence-electron chi connectivity index (χ2n) is 3.78. The Balaban J connectivity index is 3.11. The molecule has 0 aliphatic rings. The van der Waals surface area contributed by atoms with E-state index in [1.54, 1.807) is 6.92 Å². The van der Waals surface area contributed by atoms with Gasteiger partial charge in [-0.3, -0.25) is 4.79 Å². The SMILES string of the molecule is CCC(C(=O)O)N(C)C(=O)c1c(F)cccc1Cl. The average Bonchev–Trinajstić information content (AvgIpc) is 2.28. The van der Waals surface area contributed by atoms with Crippen molar-refractivity contribution >= 4 is 23.5 Å². The molecule has 0 bridgehead atoms. The molecule has 6 heteroatoms. The maximum Gasteiger partial charge on any atom is 0.326 e. The lowest BCUT2D eigenvalue weighted by molar-refractivity contribution is -0.142. The monoisotopic (exact) mass is 273 g/mol. The van der Waals surface area contributed by atoms with Crippen LogP contribution < -0.4 is 0 Å². The van der Waals surface area contributed by atoms with Crippen LogP contribution >= 0.6 is 11.6 Å². The molecule has 0 fully saturated rings. The van der Waals surface area contributed by atoms with Gasteiger partial charge in [0.15, 0.2) is 0 Å². The van der Waals surface area contributed by atoms with E-state index in [4.69, 9.17) is 16.7 Å². The molecule has 0 aliphatic carbocycles. The summed E-state index contributed by atoms with van der Waals surface area (Å²) in [5.41, 5.74) is -0.304. The fourth-order valence-electron chi connectivity index (χ4n) is 1.63. The molecule has 1 aromatic carbocycles. The molecule has 0 radical (unpaired) electrons. The fraction of sp³-hybridized carbons (Fsp3) is 0.333. The van der Waals surface area contributed by atoms with Crippen LogP contribution in [0.1, 0.15) is 23.7 Å². The van der Waals surface area contributed by atoms with Gasteiger partial charge in [-0.2, -0.15) is 0 Å². The topological polar surface area (TPSA) is 57.6 Å². The van der Waals surface area contributed by atoms with Crippen LogP contribution in [0.25, 0.3) is 0 Å². The number of amides is 1. The van der Waals surface area contributed by atoms with Crippen molar-refractivity contribution in [3.63, 3.8) is 0 Å². The summed E-state index contributed by atoms with van der Waals surface area (Å²) >= 11 is 5.76. The van der Waals surface area contributed by atoms with E-state index < -0.39 is 23.7 Å². The Hall–Kier alpha value is -1.62. The van der Waals surface area contributed by atoms with Gasteiger partial charge in [0.05, 0.1) is 10.6 Å². The van der Waals surface area contributed by atoms with Crippen LogP contribution in [0.3, 0.4) is 0 Å². The van der Waals surface area contributed by atoms with Crippen molar-refractivity contribution in [1.29, 1.82) is 0 Å². The largest absolute Gasteiger partial charge is 0.480 e. The quantitative estimate of drug-likeness (QED) is 0.916. The van der Waals surface area contributed by atoms with E-state index >= 15 is 0 Å². The highest BCUT2D eigenvalue weighted by atomic mass is 35.5. The van der Waals surface area contributed by atoms with Crippen molar-refractivity contribution in [2.75, 3.05) is 7.05 Å². The standard InChI is InChI=1S/C12H13ClFNO3/c1-3-9(12(17)18)15(2)11(16)10-7(13)5-4-6-8(10)14/h4-6,9H,3H2,1-2H3,(H,17,18). The number of carbonyl (C=O) groups is 2. The van der Waals surface area contributed by atoms with E-state index in [9.17, 15) is 14.0 Å². The molecule has 1 atom stereocenters. The molecule has 4 nitrogen and oxygen atoms in total. The lowest BCUT2D eigenvalue weighted by atomic mass is 10.1. The van der Waals surface area contributed by atoms with E-state index in [-0.39, 0.29) is 17.0 Å². The molecule has 1 amide bonds. The molecule has 0 saturated heterocycles. The first-order chi connectivity index (χ1) is 8.40. The molecule has 0 aliphatic heterocycles. The number of nitrogens with zero attached hydrogens (tertiary/aromatic N) is 1. The van der Waals surface area contributed by atoms with Gasteiger partial charge in [-0.25, -0.2) is 9.18 Å². The Labute approximate surface area is 109 Å². The maximum absolute atomic E-state index is 13.6. The number of carbonyl (C=O) groups excluding carboxylic acids is 1. The number of carboxylic acid groups (broad SMARTS) is 1. The predicted octanol–water partition coefficient (Wildman–Crippen LogP) is 2.41. The molecule has 18 heavy (non-hydrogen) atoms. The predicted molar refractivity (Wildman–Crippen MR) is 65.2 cm³/mol. The first-order valence-electron chi connectivity index (χ1n) is 5.34. The van der Waals surface area contributed by atoms with Crippen molar-refractivity contribution in [1.82, 2.24) is 4.90 Å². The first kappa shape index (κ1) is 14.4. The Morgan fingerprint density at radius 3 is 2.56 bits per heavy atom. The van der Waals surface area contributed by atoms with E-state index in [0.29, 0.717) is 0 Å². The molecule has 1 N–H and O–H groups in total. The molecular formula is C12H13ClFNO3. The normalized spacial score (nSPS) is 12.0. The highest BCUT2D eigenvalue weighted by Crippen LogP contribution is 2.21. The zero-order chi connectivity index (χ0) is 13.9. The summed E-state index contributed by atoms with van der Waals surface area (Å²) < 4.78 is 13.6. The molecule has 1 aromatic rings. The van der Waals surface area contributed by atoms with Crippen molar-refractivity contribution < 1.29 is 19.1 Å². The second kappa shape index (κ2) is 5.82. The van der Waals surface area contributed by atoms with Gasteiger partial charge in [0.1, 0.15) is 11.9 Å². The van der Waals surface area contributed by atoms with Gasteiger partial charge >= 0.3 is 5.97 Å². The molecule has 98 valence electrons. The van der Waals surface area contributed by atoms with Crippen LogP contribution in [0, 0.1) is 5.82 Å². The number of halogens is 2. The molecular weight excluding hydrogens is 261 g/mol. The summed E-state index contributed by atoms with van der Waals surface area (Å²) in [6.07, 6.45) is 0.226. The van der Waals surface area contributed by atoms with Crippen molar-refractivity contribution in [3.05, 3.63) is 34.6 Å². The lowest BCUT2D eigenvalue weighted by Gasteiger charge is -2.24.